The maximum Gasteiger partial charge on any atom is 0.342 e. The number of aromatic nitrogens is 3. The number of H-pyrrole nitrogens is 1. The Hall–Kier alpha value is -3.24. The molecule has 28 heavy (non-hydrogen) atoms. The van der Waals surface area contributed by atoms with Crippen molar-refractivity contribution in [2.24, 2.45) is 0 Å². The van der Waals surface area contributed by atoms with Crippen LogP contribution in [0.4, 0.5) is 0 Å². The number of hydrogen-bond acceptors (Lipinski definition) is 5. The summed E-state index contributed by atoms with van der Waals surface area (Å²) in [6, 6.07) is 11.4. The lowest BCUT2D eigenvalue weighted by atomic mass is 10.0. The summed E-state index contributed by atoms with van der Waals surface area (Å²) in [6.45, 7) is 2.13. The molecule has 0 radical (unpaired) electrons. The van der Waals surface area contributed by atoms with E-state index in [9.17, 15) is 9.90 Å². The van der Waals surface area contributed by atoms with Crippen LogP contribution in [-0.4, -0.2) is 32.9 Å². The smallest absolute Gasteiger partial charge is 0.342 e. The molecule has 3 rings (SSSR count). The summed E-state index contributed by atoms with van der Waals surface area (Å²) in [4.78, 5) is 16.3. The maximum absolute atomic E-state index is 11.9. The Labute approximate surface area is 167 Å². The Balaban J connectivity index is 2.04. The van der Waals surface area contributed by atoms with Crippen molar-refractivity contribution < 1.29 is 14.6 Å². The summed E-state index contributed by atoms with van der Waals surface area (Å²) in [7, 11) is 0. The molecule has 0 fully saturated rings. The number of carboxylic acid groups (broad SMARTS) is 1. The molecule has 0 saturated heterocycles. The predicted octanol–water partition coefficient (Wildman–Crippen LogP) is 4.14. The van der Waals surface area contributed by atoms with E-state index in [0.29, 0.717) is 16.5 Å². The second kappa shape index (κ2) is 9.11. The maximum atomic E-state index is 11.9. The van der Waals surface area contributed by atoms with Gasteiger partial charge in [-0.1, -0.05) is 43.2 Å². The molecular weight excluding hydrogens is 374 g/mol. The highest BCUT2D eigenvalue weighted by Crippen LogP contribution is 2.33. The van der Waals surface area contributed by atoms with Gasteiger partial charge in [0.05, 0.1) is 0 Å². The van der Waals surface area contributed by atoms with Gasteiger partial charge in [-0.25, -0.2) is 9.78 Å². The molecule has 7 heteroatoms. The van der Waals surface area contributed by atoms with Crippen LogP contribution in [0.25, 0.3) is 16.8 Å². The first-order valence-corrected chi connectivity index (χ1v) is 9.56. The molecule has 2 aromatic carbocycles. The Morgan fingerprint density at radius 2 is 2.18 bits per heavy atom. The number of aryl methyl sites for hydroxylation is 1. The van der Waals surface area contributed by atoms with Gasteiger partial charge in [-0.2, -0.15) is 0 Å². The van der Waals surface area contributed by atoms with Gasteiger partial charge in [-0.15, -0.1) is 11.5 Å². The van der Waals surface area contributed by atoms with Crippen molar-refractivity contribution in [3.8, 4) is 18.1 Å². The largest absolute Gasteiger partial charge is 0.480 e. The number of aromatic amines is 1. The van der Waals surface area contributed by atoms with E-state index in [0.717, 1.165) is 41.2 Å². The van der Waals surface area contributed by atoms with Crippen LogP contribution < -0.4 is 4.74 Å². The van der Waals surface area contributed by atoms with Gasteiger partial charge in [0.25, 0.3) is 0 Å². The van der Waals surface area contributed by atoms with Gasteiger partial charge >= 0.3 is 5.97 Å². The quantitative estimate of drug-likeness (QED) is 0.340. The Morgan fingerprint density at radius 3 is 2.93 bits per heavy atom. The summed E-state index contributed by atoms with van der Waals surface area (Å²) in [5, 5.41) is 18.9. The zero-order valence-corrected chi connectivity index (χ0v) is 16.1. The van der Waals surface area contributed by atoms with E-state index in [1.165, 1.54) is 0 Å². The number of benzene rings is 2. The van der Waals surface area contributed by atoms with Crippen LogP contribution in [0.2, 0.25) is 0 Å². The summed E-state index contributed by atoms with van der Waals surface area (Å²) in [5.74, 6) is 2.63. The molecule has 0 aliphatic heterocycles. The third-order valence-corrected chi connectivity index (χ3v) is 4.80. The molecule has 3 aromatic rings. The average molecular weight is 393 g/mol. The third kappa shape index (κ3) is 4.53. The Bertz CT molecular complexity index is 1070. The van der Waals surface area contributed by atoms with Crippen LogP contribution in [0.5, 0.6) is 5.75 Å². The highest BCUT2D eigenvalue weighted by Gasteiger charge is 2.16. The van der Waals surface area contributed by atoms with Crippen molar-refractivity contribution in [1.82, 2.24) is 15.2 Å². The van der Waals surface area contributed by atoms with Crippen LogP contribution in [0.15, 0.2) is 46.5 Å². The Kier molecular flexibility index (Phi) is 6.35. The number of ether oxygens (including phenoxy) is 1. The summed E-state index contributed by atoms with van der Waals surface area (Å²) < 4.78 is 5.64. The minimum absolute atomic E-state index is 0.0870. The fourth-order valence-corrected chi connectivity index (χ4v) is 3.41. The Morgan fingerprint density at radius 1 is 1.36 bits per heavy atom. The van der Waals surface area contributed by atoms with E-state index in [4.69, 9.17) is 11.2 Å². The van der Waals surface area contributed by atoms with E-state index in [2.05, 4.69) is 21.1 Å². The number of thioether (sulfide) groups is 1. The minimum atomic E-state index is -1.07. The molecule has 1 aromatic heterocycles. The number of carbonyl (C=O) groups is 1. The normalized spacial score (nSPS) is 11.4. The first-order chi connectivity index (χ1) is 13.6. The highest BCUT2D eigenvalue weighted by molar-refractivity contribution is 8.04. The third-order valence-electron chi connectivity index (χ3n) is 3.93. The topological polar surface area (TPSA) is 88.1 Å². The number of aliphatic carboxylic acids is 1. The van der Waals surface area contributed by atoms with E-state index < -0.39 is 5.97 Å². The number of hydrogen-bond donors (Lipinski definition) is 2. The fraction of sp³-hybridized carbons (Fsp3) is 0.190. The van der Waals surface area contributed by atoms with Gasteiger partial charge in [0.15, 0.2) is 0 Å². The molecule has 142 valence electrons. The molecule has 1 heterocycles. The monoisotopic (exact) mass is 393 g/mol. The van der Waals surface area contributed by atoms with Gasteiger partial charge in [-0.3, -0.25) is 5.10 Å². The average Bonchev–Trinajstić information content (AvgIpc) is 3.14. The second-order valence-corrected chi connectivity index (χ2v) is 6.93. The molecule has 2 N–H and O–H groups in total. The lowest BCUT2D eigenvalue weighted by molar-refractivity contribution is -0.131. The van der Waals surface area contributed by atoms with Gasteiger partial charge in [0, 0.05) is 12.0 Å². The first kappa shape index (κ1) is 19.5. The molecule has 0 bridgehead atoms. The number of rotatable bonds is 8. The zero-order chi connectivity index (χ0) is 19.9. The molecule has 0 amide bonds. The van der Waals surface area contributed by atoms with Crippen molar-refractivity contribution in [3.05, 3.63) is 52.7 Å². The predicted molar refractivity (Wildman–Crippen MR) is 110 cm³/mol. The molecule has 0 aliphatic rings. The molecule has 0 saturated carbocycles. The molecule has 0 atom stereocenters. The summed E-state index contributed by atoms with van der Waals surface area (Å²) in [5.41, 5.74) is 0.655. The summed E-state index contributed by atoms with van der Waals surface area (Å²) >= 11 is 0.992. The number of terminal acetylenes is 1. The van der Waals surface area contributed by atoms with E-state index >= 15 is 0 Å². The van der Waals surface area contributed by atoms with Gasteiger partial charge in [-0.05, 0) is 41.1 Å². The van der Waals surface area contributed by atoms with Crippen molar-refractivity contribution in [2.75, 3.05) is 6.61 Å². The molecule has 0 unspecified atom stereocenters. The second-order valence-electron chi connectivity index (χ2n) is 5.92. The lowest BCUT2D eigenvalue weighted by Crippen LogP contribution is -2.00. The van der Waals surface area contributed by atoms with Crippen LogP contribution in [0.3, 0.4) is 0 Å². The van der Waals surface area contributed by atoms with Gasteiger partial charge in [0.1, 0.15) is 23.1 Å². The lowest BCUT2D eigenvalue weighted by Gasteiger charge is -2.11. The van der Waals surface area contributed by atoms with Crippen LogP contribution >= 0.6 is 11.8 Å². The van der Waals surface area contributed by atoms with Crippen molar-refractivity contribution in [3.63, 3.8) is 0 Å². The van der Waals surface area contributed by atoms with Gasteiger partial charge < -0.3 is 9.84 Å². The SMILES string of the molecule is C#CCOc1ccc2ccccc2c1/C=C(\Sc1n[nH]c(CCC)n1)C(=O)O. The van der Waals surface area contributed by atoms with E-state index in [1.54, 1.807) is 12.1 Å². The van der Waals surface area contributed by atoms with Crippen LogP contribution in [0.1, 0.15) is 24.7 Å². The van der Waals surface area contributed by atoms with Gasteiger partial charge in [0.2, 0.25) is 5.16 Å². The zero-order valence-electron chi connectivity index (χ0n) is 15.3. The fourth-order valence-electron chi connectivity index (χ4n) is 2.71. The van der Waals surface area contributed by atoms with Crippen LogP contribution in [-0.2, 0) is 11.2 Å². The number of nitrogens with one attached hydrogen (secondary N) is 1. The van der Waals surface area contributed by atoms with Crippen molar-refractivity contribution in [1.29, 1.82) is 0 Å². The standard InChI is InChI=1S/C21H19N3O3S/c1-3-7-19-22-21(24-23-19)28-18(20(25)26)13-16-15-9-6-5-8-14(15)10-11-17(16)27-12-4-2/h2,5-6,8-11,13H,3,7,12H2,1H3,(H,25,26)(H,22,23,24)/b18-13-. The highest BCUT2D eigenvalue weighted by atomic mass is 32.2. The molecular formula is C21H19N3O3S. The number of nitrogens with zero attached hydrogens (tertiary/aromatic N) is 2. The van der Waals surface area contributed by atoms with E-state index in [-0.39, 0.29) is 11.5 Å². The van der Waals surface area contributed by atoms with Crippen LogP contribution in [0, 0.1) is 12.3 Å². The van der Waals surface area contributed by atoms with Crippen molar-refractivity contribution >= 4 is 34.6 Å². The summed E-state index contributed by atoms with van der Waals surface area (Å²) in [6.07, 6.45) is 8.57. The number of carboxylic acids is 1. The van der Waals surface area contributed by atoms with Crippen molar-refractivity contribution in [2.45, 2.75) is 24.9 Å². The number of fused-ring (bicyclic) bond motifs is 1. The molecule has 0 spiro atoms. The minimum Gasteiger partial charge on any atom is -0.480 e. The molecule has 0 aliphatic carbocycles. The first-order valence-electron chi connectivity index (χ1n) is 8.74. The van der Waals surface area contributed by atoms with E-state index in [1.807, 2.05) is 37.3 Å². The molecule has 6 nitrogen and oxygen atoms in total.